The fraction of sp³-hybridized carbons (Fsp3) is 0.224. The number of hydrogen-bond acceptors (Lipinski definition) is 3. The monoisotopic (exact) mass is 818 g/mol. The van der Waals surface area contributed by atoms with Crippen molar-refractivity contribution in [2.75, 3.05) is 9.80 Å². The highest BCUT2D eigenvalue weighted by atomic mass is 15.3. The van der Waals surface area contributed by atoms with Gasteiger partial charge in [0, 0.05) is 44.4 Å². The molecule has 0 bridgehead atoms. The Hall–Kier alpha value is -6.59. The fourth-order valence-electron chi connectivity index (χ4n) is 10.5. The molecule has 0 saturated carbocycles. The molecule has 0 unspecified atom stereocenters. The standard InChI is InChI=1S/C58H55BN4/c1-36-32-50-53-51(33-36)63-48-23-17-16-22-43(48)44-34-38(57(5,6)7)35-47(54(44)63)59(53)46-29-31-52(60-55(46)62(50)39-18-12-11-13-19-39)61(40-26-24-37(25-27-40)56(2,3)4)49-30-28-45(58(8,9)10)41-20-14-15-21-42(41)49/h11-35H,1-10H3. The van der Waals surface area contributed by atoms with Crippen molar-refractivity contribution in [1.82, 2.24) is 9.55 Å². The van der Waals surface area contributed by atoms with Crippen LogP contribution in [0.5, 0.6) is 0 Å². The molecule has 0 N–H and O–H groups in total. The van der Waals surface area contributed by atoms with Crippen molar-refractivity contribution in [3.8, 4) is 5.69 Å². The minimum atomic E-state index is -0.0473. The van der Waals surface area contributed by atoms with E-state index in [1.54, 1.807) is 0 Å². The SMILES string of the molecule is Cc1cc2c3c(c1)-n1c4ccccc4c4cc(C(C)(C)C)cc(c41)B3c1ccc(N(c3ccc(C(C)(C)C)cc3)c3ccc(C(C)(C)C)c4ccccc34)nc1N2c1ccccc1. The van der Waals surface area contributed by atoms with Gasteiger partial charge in [-0.05, 0) is 128 Å². The zero-order valence-corrected chi connectivity index (χ0v) is 38.3. The molecule has 0 spiro atoms. The molecule has 9 aromatic rings. The van der Waals surface area contributed by atoms with E-state index < -0.39 is 0 Å². The van der Waals surface area contributed by atoms with Crippen LogP contribution in [-0.4, -0.2) is 16.3 Å². The third-order valence-corrected chi connectivity index (χ3v) is 13.6. The lowest BCUT2D eigenvalue weighted by Crippen LogP contribution is -2.61. The molecule has 11 rings (SSSR count). The van der Waals surface area contributed by atoms with Gasteiger partial charge in [-0.2, -0.15) is 0 Å². The lowest BCUT2D eigenvalue weighted by molar-refractivity contribution is 0.590. The summed E-state index contributed by atoms with van der Waals surface area (Å²) in [5.74, 6) is 1.83. The minimum absolute atomic E-state index is 0.0243. The predicted molar refractivity (Wildman–Crippen MR) is 271 cm³/mol. The molecule has 0 atom stereocenters. The largest absolute Gasteiger partial charge is 0.310 e. The van der Waals surface area contributed by atoms with Crippen LogP contribution in [-0.2, 0) is 16.2 Å². The summed E-state index contributed by atoms with van der Waals surface area (Å²) in [6, 6.07) is 56.9. The van der Waals surface area contributed by atoms with E-state index in [-0.39, 0.29) is 23.0 Å². The van der Waals surface area contributed by atoms with Crippen molar-refractivity contribution in [3.05, 3.63) is 174 Å². The van der Waals surface area contributed by atoms with Gasteiger partial charge < -0.3 is 4.57 Å². The van der Waals surface area contributed by atoms with Gasteiger partial charge in [0.05, 0.1) is 11.2 Å². The van der Waals surface area contributed by atoms with Crippen LogP contribution in [0.4, 0.5) is 34.4 Å². The van der Waals surface area contributed by atoms with Crippen molar-refractivity contribution >= 4 is 90.1 Å². The van der Waals surface area contributed by atoms with Crippen molar-refractivity contribution < 1.29 is 0 Å². The van der Waals surface area contributed by atoms with Gasteiger partial charge in [0.15, 0.2) is 0 Å². The second kappa shape index (κ2) is 13.7. The third kappa shape index (κ3) is 6.07. The molecule has 2 aliphatic rings. The van der Waals surface area contributed by atoms with Crippen LogP contribution in [0, 0.1) is 6.92 Å². The number of rotatable bonds is 4. The van der Waals surface area contributed by atoms with E-state index in [1.165, 1.54) is 82.6 Å². The topological polar surface area (TPSA) is 24.3 Å². The first-order valence-corrected chi connectivity index (χ1v) is 22.6. The summed E-state index contributed by atoms with van der Waals surface area (Å²) in [6.07, 6.45) is 0. The number of anilines is 6. The Morgan fingerprint density at radius 3 is 1.87 bits per heavy atom. The van der Waals surface area contributed by atoms with E-state index in [0.29, 0.717) is 0 Å². The highest BCUT2D eigenvalue weighted by Crippen LogP contribution is 2.46. The van der Waals surface area contributed by atoms with Crippen LogP contribution in [0.1, 0.15) is 84.6 Å². The lowest BCUT2D eigenvalue weighted by Gasteiger charge is -2.40. The number of benzene rings is 7. The summed E-state index contributed by atoms with van der Waals surface area (Å²) in [5, 5.41) is 5.07. The van der Waals surface area contributed by atoms with Crippen LogP contribution in [0.15, 0.2) is 152 Å². The fourth-order valence-corrected chi connectivity index (χ4v) is 10.5. The molecule has 0 fully saturated rings. The molecule has 2 aliphatic heterocycles. The third-order valence-electron chi connectivity index (χ3n) is 13.6. The van der Waals surface area contributed by atoms with E-state index in [4.69, 9.17) is 4.98 Å². The Bertz CT molecular complexity index is 3300. The smallest absolute Gasteiger partial charge is 0.254 e. The molecule has 5 heteroatoms. The summed E-state index contributed by atoms with van der Waals surface area (Å²) >= 11 is 0. The molecule has 0 amide bonds. The zero-order chi connectivity index (χ0) is 43.7. The number of aromatic nitrogens is 2. The first-order chi connectivity index (χ1) is 30.1. The highest BCUT2D eigenvalue weighted by Gasteiger charge is 2.44. The van der Waals surface area contributed by atoms with Gasteiger partial charge >= 0.3 is 0 Å². The van der Waals surface area contributed by atoms with Gasteiger partial charge in [0.1, 0.15) is 11.6 Å². The first kappa shape index (κ1) is 39.3. The number of fused-ring (bicyclic) bond motifs is 8. The Labute approximate surface area is 372 Å². The molecule has 4 nitrogen and oxygen atoms in total. The molecule has 0 aliphatic carbocycles. The molecule has 7 aromatic carbocycles. The second-order valence-electron chi connectivity index (χ2n) is 21.0. The van der Waals surface area contributed by atoms with Crippen molar-refractivity contribution in [3.63, 3.8) is 0 Å². The van der Waals surface area contributed by atoms with Crippen molar-refractivity contribution in [2.24, 2.45) is 0 Å². The molecule has 2 aromatic heterocycles. The average molecular weight is 819 g/mol. The maximum absolute atomic E-state index is 5.93. The van der Waals surface area contributed by atoms with E-state index in [2.05, 4.69) is 235 Å². The van der Waals surface area contributed by atoms with E-state index in [1.807, 2.05) is 0 Å². The molecule has 0 radical (unpaired) electrons. The molecule has 63 heavy (non-hydrogen) atoms. The number of para-hydroxylation sites is 2. The number of pyridine rings is 1. The summed E-state index contributed by atoms with van der Waals surface area (Å²) in [4.78, 5) is 10.8. The Balaban J connectivity index is 1.23. The van der Waals surface area contributed by atoms with E-state index in [9.17, 15) is 0 Å². The van der Waals surface area contributed by atoms with Crippen LogP contribution in [0.25, 0.3) is 38.3 Å². The number of nitrogens with zero attached hydrogens (tertiary/aromatic N) is 4. The van der Waals surface area contributed by atoms with Crippen LogP contribution in [0.3, 0.4) is 0 Å². The molecule has 0 saturated heterocycles. The van der Waals surface area contributed by atoms with Gasteiger partial charge in [-0.3, -0.25) is 9.80 Å². The van der Waals surface area contributed by atoms with Gasteiger partial charge in [-0.1, -0.05) is 153 Å². The summed E-state index contributed by atoms with van der Waals surface area (Å²) in [5.41, 5.74) is 17.3. The van der Waals surface area contributed by atoms with Crippen molar-refractivity contribution in [2.45, 2.75) is 85.5 Å². The summed E-state index contributed by atoms with van der Waals surface area (Å²) in [6.45, 7) is 23.0. The highest BCUT2D eigenvalue weighted by molar-refractivity contribution is 7.00. The first-order valence-electron chi connectivity index (χ1n) is 22.6. The van der Waals surface area contributed by atoms with Crippen LogP contribution in [0.2, 0.25) is 0 Å². The zero-order valence-electron chi connectivity index (χ0n) is 38.3. The minimum Gasteiger partial charge on any atom is -0.310 e. The Kier molecular flexibility index (Phi) is 8.54. The molecular weight excluding hydrogens is 763 g/mol. The van der Waals surface area contributed by atoms with Crippen molar-refractivity contribution in [1.29, 1.82) is 0 Å². The molecular formula is C58H55BN4. The van der Waals surface area contributed by atoms with Gasteiger partial charge in [-0.15, -0.1) is 0 Å². The molecule has 310 valence electrons. The predicted octanol–water partition coefficient (Wildman–Crippen LogP) is 13.6. The summed E-state index contributed by atoms with van der Waals surface area (Å²) in [7, 11) is 0. The Morgan fingerprint density at radius 2 is 1.17 bits per heavy atom. The normalized spacial score (nSPS) is 13.5. The lowest BCUT2D eigenvalue weighted by atomic mass is 9.34. The Morgan fingerprint density at radius 1 is 0.524 bits per heavy atom. The molecule has 4 heterocycles. The van der Waals surface area contributed by atoms with E-state index in [0.717, 1.165) is 28.7 Å². The number of aryl methyl sites for hydroxylation is 1. The van der Waals surface area contributed by atoms with Gasteiger partial charge in [0.2, 0.25) is 0 Å². The second-order valence-corrected chi connectivity index (χ2v) is 21.0. The summed E-state index contributed by atoms with van der Waals surface area (Å²) < 4.78 is 2.56. The van der Waals surface area contributed by atoms with E-state index >= 15 is 0 Å². The maximum Gasteiger partial charge on any atom is 0.254 e. The van der Waals surface area contributed by atoms with Gasteiger partial charge in [0.25, 0.3) is 6.71 Å². The van der Waals surface area contributed by atoms with Crippen LogP contribution >= 0.6 is 0 Å². The van der Waals surface area contributed by atoms with Crippen LogP contribution < -0.4 is 26.2 Å². The number of hydrogen-bond donors (Lipinski definition) is 0. The average Bonchev–Trinajstić information content (AvgIpc) is 3.59. The van der Waals surface area contributed by atoms with Gasteiger partial charge in [-0.25, -0.2) is 4.98 Å². The quantitative estimate of drug-likeness (QED) is 0.165. The maximum atomic E-state index is 5.93.